The van der Waals surface area contributed by atoms with Crippen LogP contribution in [0.3, 0.4) is 0 Å². The summed E-state index contributed by atoms with van der Waals surface area (Å²) in [6.45, 7) is 0.791. The lowest BCUT2D eigenvalue weighted by atomic mass is 9.95. The molecular formula is C16H21FN2. The number of hydrogen-bond acceptors (Lipinski definition) is 1. The van der Waals surface area contributed by atoms with Crippen LogP contribution in [0.15, 0.2) is 18.2 Å². The summed E-state index contributed by atoms with van der Waals surface area (Å²) >= 11 is 0. The summed E-state index contributed by atoms with van der Waals surface area (Å²) in [5.74, 6) is 0.295. The maximum absolute atomic E-state index is 13.3. The van der Waals surface area contributed by atoms with Gasteiger partial charge < -0.3 is 4.90 Å². The molecule has 0 saturated heterocycles. The van der Waals surface area contributed by atoms with E-state index in [4.69, 9.17) is 5.41 Å². The van der Waals surface area contributed by atoms with Crippen LogP contribution in [-0.4, -0.2) is 16.8 Å². The number of rotatable bonds is 1. The van der Waals surface area contributed by atoms with Crippen molar-refractivity contribution in [1.29, 1.82) is 5.41 Å². The lowest BCUT2D eigenvalue weighted by Crippen LogP contribution is -2.36. The van der Waals surface area contributed by atoms with E-state index in [1.54, 1.807) is 0 Å². The Bertz CT molecular complexity index is 476. The molecule has 3 rings (SSSR count). The first kappa shape index (κ1) is 12.6. The summed E-state index contributed by atoms with van der Waals surface area (Å²) in [7, 11) is 0. The summed E-state index contributed by atoms with van der Waals surface area (Å²) in [6.07, 6.45) is 8.88. The first-order valence-electron chi connectivity index (χ1n) is 7.40. The summed E-state index contributed by atoms with van der Waals surface area (Å²) in [5, 5.41) is 8.31. The lowest BCUT2D eigenvalue weighted by molar-refractivity contribution is 0.258. The highest BCUT2D eigenvalue weighted by Crippen LogP contribution is 2.30. The molecule has 0 radical (unpaired) electrons. The fourth-order valence-corrected chi connectivity index (χ4v) is 3.38. The van der Waals surface area contributed by atoms with Gasteiger partial charge in [0, 0.05) is 18.2 Å². The van der Waals surface area contributed by atoms with Gasteiger partial charge in [-0.1, -0.05) is 38.2 Å². The largest absolute Gasteiger partial charge is 0.349 e. The quantitative estimate of drug-likeness (QED) is 0.809. The first-order chi connectivity index (χ1) is 9.25. The van der Waals surface area contributed by atoms with Crippen LogP contribution in [0.2, 0.25) is 0 Å². The van der Waals surface area contributed by atoms with Gasteiger partial charge in [0.15, 0.2) is 0 Å². The topological polar surface area (TPSA) is 27.1 Å². The average molecular weight is 260 g/mol. The molecular weight excluding hydrogens is 239 g/mol. The second-order valence-electron chi connectivity index (χ2n) is 5.78. The zero-order valence-corrected chi connectivity index (χ0v) is 11.3. The molecule has 0 spiro atoms. The summed E-state index contributed by atoms with van der Waals surface area (Å²) in [5.41, 5.74) is 1.90. The third kappa shape index (κ3) is 2.51. The van der Waals surface area contributed by atoms with Crippen molar-refractivity contribution in [3.63, 3.8) is 0 Å². The van der Waals surface area contributed by atoms with E-state index in [9.17, 15) is 4.39 Å². The number of amidine groups is 1. The van der Waals surface area contributed by atoms with E-state index >= 15 is 0 Å². The van der Waals surface area contributed by atoms with Gasteiger partial charge in [-0.15, -0.1) is 0 Å². The molecule has 3 heteroatoms. The van der Waals surface area contributed by atoms with Crippen molar-refractivity contribution < 1.29 is 4.39 Å². The highest BCUT2D eigenvalue weighted by Gasteiger charge is 2.30. The molecule has 102 valence electrons. The Morgan fingerprint density at radius 2 is 1.74 bits per heavy atom. The zero-order chi connectivity index (χ0) is 13.2. The van der Waals surface area contributed by atoms with E-state index in [0.717, 1.165) is 17.7 Å². The Labute approximate surface area is 114 Å². The summed E-state index contributed by atoms with van der Waals surface area (Å²) in [6, 6.07) is 5.33. The fourth-order valence-electron chi connectivity index (χ4n) is 3.38. The van der Waals surface area contributed by atoms with Crippen LogP contribution in [0.4, 0.5) is 4.39 Å². The molecule has 1 saturated carbocycles. The van der Waals surface area contributed by atoms with Gasteiger partial charge in [0.2, 0.25) is 0 Å². The van der Waals surface area contributed by atoms with Crippen molar-refractivity contribution >= 4 is 5.84 Å². The third-order valence-corrected chi connectivity index (χ3v) is 4.47. The average Bonchev–Trinajstić information content (AvgIpc) is 2.67. The summed E-state index contributed by atoms with van der Waals surface area (Å²) in [4.78, 5) is 2.19. The van der Waals surface area contributed by atoms with Crippen LogP contribution in [0, 0.1) is 11.2 Å². The number of hydrogen-bond donors (Lipinski definition) is 1. The SMILES string of the molecule is N=C1c2cc(F)ccc2CN1C1CCCCCCC1. The minimum atomic E-state index is -0.233. The molecule has 2 nitrogen and oxygen atoms in total. The maximum Gasteiger partial charge on any atom is 0.129 e. The van der Waals surface area contributed by atoms with E-state index in [-0.39, 0.29) is 5.82 Å². The van der Waals surface area contributed by atoms with Crippen LogP contribution in [0.25, 0.3) is 0 Å². The molecule has 1 aliphatic carbocycles. The van der Waals surface area contributed by atoms with Crippen molar-refractivity contribution in [3.05, 3.63) is 35.1 Å². The molecule has 0 bridgehead atoms. The second kappa shape index (κ2) is 5.32. The molecule has 1 heterocycles. The Morgan fingerprint density at radius 3 is 2.47 bits per heavy atom. The first-order valence-corrected chi connectivity index (χ1v) is 7.40. The van der Waals surface area contributed by atoms with Crippen molar-refractivity contribution in [2.24, 2.45) is 0 Å². The lowest BCUT2D eigenvalue weighted by Gasteiger charge is -2.31. The van der Waals surface area contributed by atoms with Crippen molar-refractivity contribution in [2.75, 3.05) is 0 Å². The van der Waals surface area contributed by atoms with Gasteiger partial charge in [-0.25, -0.2) is 4.39 Å². The van der Waals surface area contributed by atoms with Gasteiger partial charge in [0.25, 0.3) is 0 Å². The highest BCUT2D eigenvalue weighted by molar-refractivity contribution is 6.00. The second-order valence-corrected chi connectivity index (χ2v) is 5.78. The monoisotopic (exact) mass is 260 g/mol. The van der Waals surface area contributed by atoms with Gasteiger partial charge in [-0.3, -0.25) is 5.41 Å². The third-order valence-electron chi connectivity index (χ3n) is 4.47. The molecule has 2 aliphatic rings. The Balaban J connectivity index is 1.78. The Kier molecular flexibility index (Phi) is 3.54. The number of benzene rings is 1. The van der Waals surface area contributed by atoms with Crippen LogP contribution >= 0.6 is 0 Å². The molecule has 0 unspecified atom stereocenters. The van der Waals surface area contributed by atoms with Crippen LogP contribution in [0.5, 0.6) is 0 Å². The van der Waals surface area contributed by atoms with Crippen molar-refractivity contribution in [3.8, 4) is 0 Å². The number of halogens is 1. The van der Waals surface area contributed by atoms with E-state index in [1.807, 2.05) is 6.07 Å². The maximum atomic E-state index is 13.3. The van der Waals surface area contributed by atoms with Crippen LogP contribution in [-0.2, 0) is 6.54 Å². The molecule has 1 aromatic rings. The number of fused-ring (bicyclic) bond motifs is 1. The van der Waals surface area contributed by atoms with Gasteiger partial charge in [0.05, 0.1) is 0 Å². The fraction of sp³-hybridized carbons (Fsp3) is 0.562. The Morgan fingerprint density at radius 1 is 1.05 bits per heavy atom. The molecule has 0 atom stereocenters. The normalized spacial score (nSPS) is 21.1. The minimum Gasteiger partial charge on any atom is -0.349 e. The molecule has 1 aromatic carbocycles. The molecule has 0 aromatic heterocycles. The van der Waals surface area contributed by atoms with E-state index in [2.05, 4.69) is 4.90 Å². The standard InChI is InChI=1S/C16H21FN2/c17-13-9-8-12-11-19(16(18)15(12)10-13)14-6-4-2-1-3-5-7-14/h8-10,14,18H,1-7,11H2. The number of nitrogens with one attached hydrogen (secondary N) is 1. The van der Waals surface area contributed by atoms with Crippen molar-refractivity contribution in [2.45, 2.75) is 57.5 Å². The van der Waals surface area contributed by atoms with Gasteiger partial charge in [-0.05, 0) is 30.5 Å². The predicted octanol–water partition coefficient (Wildman–Crippen LogP) is 4.08. The van der Waals surface area contributed by atoms with Crippen LogP contribution in [0.1, 0.15) is 56.1 Å². The molecule has 1 aliphatic heterocycles. The van der Waals surface area contributed by atoms with Crippen molar-refractivity contribution in [1.82, 2.24) is 4.90 Å². The molecule has 1 fully saturated rings. The zero-order valence-electron chi connectivity index (χ0n) is 11.3. The van der Waals surface area contributed by atoms with E-state index in [0.29, 0.717) is 11.9 Å². The molecule has 19 heavy (non-hydrogen) atoms. The van der Waals surface area contributed by atoms with E-state index in [1.165, 1.54) is 57.1 Å². The van der Waals surface area contributed by atoms with Gasteiger partial charge in [0.1, 0.15) is 11.7 Å². The molecule has 0 amide bonds. The van der Waals surface area contributed by atoms with E-state index < -0.39 is 0 Å². The number of nitrogens with zero attached hydrogens (tertiary/aromatic N) is 1. The predicted molar refractivity (Wildman–Crippen MR) is 74.9 cm³/mol. The van der Waals surface area contributed by atoms with Crippen LogP contribution < -0.4 is 0 Å². The molecule has 1 N–H and O–H groups in total. The Hall–Kier alpha value is -1.38. The van der Waals surface area contributed by atoms with Gasteiger partial charge >= 0.3 is 0 Å². The highest BCUT2D eigenvalue weighted by atomic mass is 19.1. The smallest absolute Gasteiger partial charge is 0.129 e. The summed E-state index contributed by atoms with van der Waals surface area (Å²) < 4.78 is 13.3. The minimum absolute atomic E-state index is 0.233. The van der Waals surface area contributed by atoms with Gasteiger partial charge in [-0.2, -0.15) is 0 Å².